The second-order valence-corrected chi connectivity index (χ2v) is 8.81. The fourth-order valence-corrected chi connectivity index (χ4v) is 4.67. The number of amides is 1. The Morgan fingerprint density at radius 2 is 1.83 bits per heavy atom. The lowest BCUT2D eigenvalue weighted by atomic mass is 10.2. The van der Waals surface area contributed by atoms with Crippen LogP contribution in [0.1, 0.15) is 12.0 Å². The fraction of sp³-hybridized carbons (Fsp3) is 0.562. The molecule has 1 fully saturated rings. The van der Waals surface area contributed by atoms with Gasteiger partial charge in [-0.1, -0.05) is 30.3 Å². The topological polar surface area (TPSA) is 83.7 Å². The van der Waals surface area contributed by atoms with E-state index in [9.17, 15) is 13.2 Å². The van der Waals surface area contributed by atoms with E-state index in [2.05, 4.69) is 0 Å². The molecule has 1 heterocycles. The minimum atomic E-state index is -3.36. The molecule has 0 bridgehead atoms. The summed E-state index contributed by atoms with van der Waals surface area (Å²) in [5.74, 6) is 0.761. The van der Waals surface area contributed by atoms with Gasteiger partial charge in [0.15, 0.2) is 0 Å². The highest BCUT2D eigenvalue weighted by atomic mass is 32.2. The molecule has 0 spiro atoms. The smallest absolute Gasteiger partial charge is 0.239 e. The van der Waals surface area contributed by atoms with Crippen molar-refractivity contribution in [3.8, 4) is 0 Å². The van der Waals surface area contributed by atoms with Crippen molar-refractivity contribution in [1.29, 1.82) is 0 Å². The molecule has 1 aliphatic heterocycles. The monoisotopic (exact) mass is 371 g/mol. The van der Waals surface area contributed by atoms with Crippen molar-refractivity contribution in [3.05, 3.63) is 35.9 Å². The number of nitrogens with two attached hydrogens (primary N) is 1. The van der Waals surface area contributed by atoms with Gasteiger partial charge in [-0.15, -0.1) is 0 Å². The molecular weight excluding hydrogens is 346 g/mol. The Bertz CT molecular complexity index is 629. The van der Waals surface area contributed by atoms with E-state index in [1.54, 1.807) is 16.7 Å². The Labute approximate surface area is 148 Å². The van der Waals surface area contributed by atoms with Gasteiger partial charge in [0.25, 0.3) is 0 Å². The first-order chi connectivity index (χ1) is 11.4. The van der Waals surface area contributed by atoms with Crippen LogP contribution in [0.25, 0.3) is 0 Å². The molecule has 1 amide bonds. The molecule has 0 aromatic heterocycles. The zero-order chi connectivity index (χ0) is 17.6. The highest BCUT2D eigenvalue weighted by Gasteiger charge is 2.30. The molecule has 2 N–H and O–H groups in total. The van der Waals surface area contributed by atoms with Gasteiger partial charge in [0.1, 0.15) is 0 Å². The van der Waals surface area contributed by atoms with E-state index in [1.165, 1.54) is 4.31 Å². The molecule has 0 aliphatic carbocycles. The number of thioether (sulfide) groups is 1. The van der Waals surface area contributed by atoms with Crippen LogP contribution >= 0.6 is 11.8 Å². The van der Waals surface area contributed by atoms with Gasteiger partial charge in [0.05, 0.1) is 11.8 Å². The number of carbonyl (C=O) groups is 1. The second-order valence-electron chi connectivity index (χ2n) is 5.85. The molecule has 6 nitrogen and oxygen atoms in total. The maximum atomic E-state index is 12.5. The largest absolute Gasteiger partial charge is 0.339 e. The molecule has 134 valence electrons. The van der Waals surface area contributed by atoms with Gasteiger partial charge in [0.2, 0.25) is 15.9 Å². The molecule has 0 radical (unpaired) electrons. The minimum absolute atomic E-state index is 0.00494. The summed E-state index contributed by atoms with van der Waals surface area (Å²) in [6, 6.07) is 8.64. The van der Waals surface area contributed by atoms with E-state index in [1.807, 2.05) is 36.6 Å². The highest BCUT2D eigenvalue weighted by Crippen LogP contribution is 2.14. The van der Waals surface area contributed by atoms with Crippen molar-refractivity contribution in [3.63, 3.8) is 0 Å². The van der Waals surface area contributed by atoms with Crippen molar-refractivity contribution in [2.24, 2.45) is 5.73 Å². The molecule has 1 aromatic carbocycles. The average molecular weight is 372 g/mol. The molecular formula is C16H25N3O3S2. The molecule has 1 aromatic rings. The van der Waals surface area contributed by atoms with Crippen LogP contribution in [0.2, 0.25) is 0 Å². The third kappa shape index (κ3) is 5.20. The summed E-state index contributed by atoms with van der Waals surface area (Å²) < 4.78 is 26.5. The number of piperazine rings is 1. The number of carbonyl (C=O) groups excluding carboxylic acids is 1. The first-order valence-corrected chi connectivity index (χ1v) is 11.0. The number of rotatable bonds is 7. The van der Waals surface area contributed by atoms with Crippen LogP contribution in [0.4, 0.5) is 0 Å². The van der Waals surface area contributed by atoms with Crippen LogP contribution in [-0.4, -0.2) is 67.8 Å². The summed E-state index contributed by atoms with van der Waals surface area (Å²) in [7, 11) is -3.36. The lowest BCUT2D eigenvalue weighted by Crippen LogP contribution is -2.54. The van der Waals surface area contributed by atoms with Gasteiger partial charge in [-0.2, -0.15) is 16.1 Å². The van der Waals surface area contributed by atoms with Gasteiger partial charge in [-0.25, -0.2) is 8.42 Å². The van der Waals surface area contributed by atoms with E-state index < -0.39 is 16.1 Å². The Kier molecular flexibility index (Phi) is 7.09. The molecule has 1 atom stereocenters. The summed E-state index contributed by atoms with van der Waals surface area (Å²) in [4.78, 5) is 14.0. The third-order valence-electron chi connectivity index (χ3n) is 4.09. The summed E-state index contributed by atoms with van der Waals surface area (Å²) in [5.41, 5.74) is 6.69. The molecule has 2 rings (SSSR count). The van der Waals surface area contributed by atoms with Crippen LogP contribution in [-0.2, 0) is 20.6 Å². The maximum Gasteiger partial charge on any atom is 0.239 e. The summed E-state index contributed by atoms with van der Waals surface area (Å²) in [6.07, 6.45) is 2.63. The quantitative estimate of drug-likeness (QED) is 0.764. The standard InChI is InChI=1S/C16H25N3O3S2/c1-23-12-7-15(17)16(20)18-8-10-19(11-9-18)24(21,22)13-14-5-3-2-4-6-14/h2-6,15H,7-13,17H2,1H3/t15-/m0/s1. The summed E-state index contributed by atoms with van der Waals surface area (Å²) in [6.45, 7) is 1.46. The van der Waals surface area contributed by atoms with Gasteiger partial charge in [-0.3, -0.25) is 4.79 Å². The predicted octanol–water partition coefficient (Wildman–Crippen LogP) is 0.741. The number of hydrogen-bond acceptors (Lipinski definition) is 5. The van der Waals surface area contributed by atoms with E-state index >= 15 is 0 Å². The molecule has 0 saturated carbocycles. The molecule has 0 unspecified atom stereocenters. The van der Waals surface area contributed by atoms with E-state index in [-0.39, 0.29) is 11.7 Å². The van der Waals surface area contributed by atoms with Gasteiger partial charge in [-0.05, 0) is 24.0 Å². The Hall–Kier alpha value is -1.09. The molecule has 24 heavy (non-hydrogen) atoms. The van der Waals surface area contributed by atoms with Gasteiger partial charge < -0.3 is 10.6 Å². The van der Waals surface area contributed by atoms with Crippen LogP contribution in [0.3, 0.4) is 0 Å². The van der Waals surface area contributed by atoms with Crippen molar-refractivity contribution in [2.45, 2.75) is 18.2 Å². The van der Waals surface area contributed by atoms with E-state index in [0.717, 1.165) is 11.3 Å². The zero-order valence-electron chi connectivity index (χ0n) is 13.9. The Morgan fingerprint density at radius 3 is 2.42 bits per heavy atom. The first-order valence-electron chi connectivity index (χ1n) is 7.99. The van der Waals surface area contributed by atoms with Crippen molar-refractivity contribution in [2.75, 3.05) is 38.2 Å². The maximum absolute atomic E-state index is 12.5. The summed E-state index contributed by atoms with van der Waals surface area (Å²) in [5, 5.41) is 0. The minimum Gasteiger partial charge on any atom is -0.339 e. The number of nitrogens with zero attached hydrogens (tertiary/aromatic N) is 2. The zero-order valence-corrected chi connectivity index (χ0v) is 15.6. The van der Waals surface area contributed by atoms with Crippen LogP contribution < -0.4 is 5.73 Å². The average Bonchev–Trinajstić information content (AvgIpc) is 2.59. The van der Waals surface area contributed by atoms with E-state index in [0.29, 0.717) is 32.6 Å². The van der Waals surface area contributed by atoms with Crippen molar-refractivity contribution in [1.82, 2.24) is 9.21 Å². The Morgan fingerprint density at radius 1 is 1.21 bits per heavy atom. The molecule has 1 aliphatic rings. The highest BCUT2D eigenvalue weighted by molar-refractivity contribution is 7.98. The second kappa shape index (κ2) is 8.84. The SMILES string of the molecule is CSCC[C@H](N)C(=O)N1CCN(S(=O)(=O)Cc2ccccc2)CC1. The van der Waals surface area contributed by atoms with Crippen LogP contribution in [0.15, 0.2) is 30.3 Å². The number of benzene rings is 1. The molecule has 1 saturated heterocycles. The lowest BCUT2D eigenvalue weighted by molar-refractivity contribution is -0.133. The van der Waals surface area contributed by atoms with Gasteiger partial charge in [0, 0.05) is 26.2 Å². The van der Waals surface area contributed by atoms with Crippen LogP contribution in [0.5, 0.6) is 0 Å². The van der Waals surface area contributed by atoms with Gasteiger partial charge >= 0.3 is 0 Å². The first kappa shape index (κ1) is 19.2. The van der Waals surface area contributed by atoms with Crippen molar-refractivity contribution >= 4 is 27.7 Å². The normalized spacial score (nSPS) is 17.7. The fourth-order valence-electron chi connectivity index (χ4n) is 2.67. The van der Waals surface area contributed by atoms with E-state index in [4.69, 9.17) is 5.73 Å². The number of sulfonamides is 1. The summed E-state index contributed by atoms with van der Waals surface area (Å²) >= 11 is 1.66. The Balaban J connectivity index is 1.88. The number of hydrogen-bond donors (Lipinski definition) is 1. The van der Waals surface area contributed by atoms with Crippen molar-refractivity contribution < 1.29 is 13.2 Å². The molecule has 8 heteroatoms. The predicted molar refractivity (Wildman–Crippen MR) is 98.2 cm³/mol. The van der Waals surface area contributed by atoms with Crippen LogP contribution in [0, 0.1) is 0 Å². The third-order valence-corrected chi connectivity index (χ3v) is 6.58. The lowest BCUT2D eigenvalue weighted by Gasteiger charge is -2.35.